The number of nitrogens with two attached hydrogens (primary N) is 1. The van der Waals surface area contributed by atoms with E-state index < -0.39 is 12.0 Å². The molecule has 1 fully saturated rings. The lowest BCUT2D eigenvalue weighted by molar-refractivity contribution is -0.138. The van der Waals surface area contributed by atoms with Gasteiger partial charge in [0.25, 0.3) is 0 Å². The number of benzene rings is 2. The highest BCUT2D eigenvalue weighted by Crippen LogP contribution is 2.38. The number of carboxylic acid groups (broad SMARTS) is 1. The molecule has 6 heteroatoms. The number of rotatable bonds is 9. The summed E-state index contributed by atoms with van der Waals surface area (Å²) in [6.45, 7) is 6.12. The van der Waals surface area contributed by atoms with E-state index in [9.17, 15) is 4.79 Å². The first-order valence-electron chi connectivity index (χ1n) is 14.2. The minimum absolute atomic E-state index is 0.319. The average molecular weight is 526 g/mol. The normalized spacial score (nSPS) is 16.3. The number of piperidine rings is 1. The van der Waals surface area contributed by atoms with Gasteiger partial charge in [-0.1, -0.05) is 47.5 Å². The minimum Gasteiger partial charge on any atom is -0.494 e. The summed E-state index contributed by atoms with van der Waals surface area (Å²) in [6, 6.07) is 17.9. The lowest BCUT2D eigenvalue weighted by Crippen LogP contribution is -2.32. The Bertz CT molecular complexity index is 1320. The molecule has 204 valence electrons. The number of unbranched alkanes of at least 4 members (excludes halogenated alkanes) is 1. The van der Waals surface area contributed by atoms with Crippen molar-refractivity contribution in [1.29, 1.82) is 0 Å². The highest BCUT2D eigenvalue weighted by Gasteiger charge is 2.25. The summed E-state index contributed by atoms with van der Waals surface area (Å²) in [6.07, 6.45) is 8.67. The van der Waals surface area contributed by atoms with Gasteiger partial charge >= 0.3 is 5.97 Å². The van der Waals surface area contributed by atoms with Crippen LogP contribution in [0.1, 0.15) is 59.2 Å². The van der Waals surface area contributed by atoms with E-state index in [4.69, 9.17) is 20.6 Å². The number of pyridine rings is 1. The van der Waals surface area contributed by atoms with Gasteiger partial charge in [0, 0.05) is 24.9 Å². The molecule has 0 unspecified atom stereocenters. The third-order valence-corrected chi connectivity index (χ3v) is 7.97. The first kappa shape index (κ1) is 27.1. The van der Waals surface area contributed by atoms with E-state index in [1.54, 1.807) is 5.57 Å². The Balaban J connectivity index is 1.13. The maximum atomic E-state index is 10.9. The molecule has 2 aromatic carbocycles. The molecule has 3 N–H and O–H groups in total. The van der Waals surface area contributed by atoms with Gasteiger partial charge in [-0.3, -0.25) is 9.78 Å². The highest BCUT2D eigenvalue weighted by molar-refractivity contribution is 5.84. The fourth-order valence-electron chi connectivity index (χ4n) is 5.78. The highest BCUT2D eigenvalue weighted by atomic mass is 16.5. The van der Waals surface area contributed by atoms with E-state index in [0.717, 1.165) is 69.5 Å². The van der Waals surface area contributed by atoms with E-state index in [2.05, 4.69) is 42.2 Å². The molecule has 1 atom stereocenters. The number of fused-ring (bicyclic) bond motifs is 2. The minimum atomic E-state index is -0.982. The van der Waals surface area contributed by atoms with Crippen LogP contribution in [0.5, 0.6) is 5.75 Å². The molecule has 1 saturated heterocycles. The molecular formula is C33H39N3O3. The van der Waals surface area contributed by atoms with Gasteiger partial charge in [-0.2, -0.15) is 0 Å². The Morgan fingerprint density at radius 1 is 1.03 bits per heavy atom. The molecule has 3 aromatic rings. The van der Waals surface area contributed by atoms with Crippen molar-refractivity contribution in [2.45, 2.75) is 57.9 Å². The van der Waals surface area contributed by atoms with E-state index >= 15 is 0 Å². The van der Waals surface area contributed by atoms with Crippen LogP contribution in [0.25, 0.3) is 5.57 Å². The second-order valence-electron chi connectivity index (χ2n) is 10.8. The summed E-state index contributed by atoms with van der Waals surface area (Å²) < 4.78 is 5.91. The molecule has 39 heavy (non-hydrogen) atoms. The number of carboxylic acids is 1. The van der Waals surface area contributed by atoms with Gasteiger partial charge in [0.15, 0.2) is 0 Å². The Kier molecular flexibility index (Phi) is 8.74. The van der Waals surface area contributed by atoms with Crippen molar-refractivity contribution >= 4 is 11.5 Å². The van der Waals surface area contributed by atoms with Crippen LogP contribution in [0.15, 0.2) is 66.4 Å². The van der Waals surface area contributed by atoms with Gasteiger partial charge in [-0.05, 0) is 98.9 Å². The summed E-state index contributed by atoms with van der Waals surface area (Å²) in [5, 5.41) is 8.96. The molecule has 6 nitrogen and oxygen atoms in total. The standard InChI is InChI=1S/C33H39N3O3/c1-23-6-13-29-27(21-23)10-9-26-5-4-16-35-32(26)31(29)25-14-18-36(19-15-25)17-2-3-20-39-28-11-7-24(8-12-28)22-30(34)33(37)38/h4-8,11-13,16,21,30H,2-3,9-10,14-15,17-20,22,34H2,1H3,(H,37,38)/t30-/m0/s1. The van der Waals surface area contributed by atoms with Crippen molar-refractivity contribution < 1.29 is 14.6 Å². The van der Waals surface area contributed by atoms with E-state index in [1.807, 2.05) is 30.5 Å². The molecule has 0 saturated carbocycles. The lowest BCUT2D eigenvalue weighted by atomic mass is 9.88. The molecule has 0 amide bonds. The summed E-state index contributed by atoms with van der Waals surface area (Å²) >= 11 is 0. The smallest absolute Gasteiger partial charge is 0.320 e. The monoisotopic (exact) mass is 525 g/mol. The molecule has 0 radical (unpaired) electrons. The van der Waals surface area contributed by atoms with Gasteiger partial charge < -0.3 is 20.5 Å². The number of aromatic nitrogens is 1. The Labute approximate surface area is 231 Å². The zero-order valence-electron chi connectivity index (χ0n) is 22.9. The van der Waals surface area contributed by atoms with Crippen molar-refractivity contribution in [3.63, 3.8) is 0 Å². The fraction of sp³-hybridized carbons (Fsp3) is 0.394. The summed E-state index contributed by atoms with van der Waals surface area (Å²) in [5.41, 5.74) is 16.2. The Hall–Kier alpha value is -3.48. The van der Waals surface area contributed by atoms with Crippen molar-refractivity contribution in [2.75, 3.05) is 26.2 Å². The predicted molar refractivity (Wildman–Crippen MR) is 155 cm³/mol. The van der Waals surface area contributed by atoms with Gasteiger partial charge in [0.2, 0.25) is 0 Å². The largest absolute Gasteiger partial charge is 0.494 e. The number of hydrogen-bond acceptors (Lipinski definition) is 5. The second-order valence-corrected chi connectivity index (χ2v) is 10.8. The zero-order valence-corrected chi connectivity index (χ0v) is 22.9. The van der Waals surface area contributed by atoms with Crippen LogP contribution in [0.3, 0.4) is 0 Å². The fourth-order valence-corrected chi connectivity index (χ4v) is 5.78. The zero-order chi connectivity index (χ0) is 27.2. The molecule has 1 aromatic heterocycles. The third kappa shape index (κ3) is 6.75. The van der Waals surface area contributed by atoms with E-state index in [0.29, 0.717) is 13.0 Å². The van der Waals surface area contributed by atoms with Crippen LogP contribution in [0.2, 0.25) is 0 Å². The predicted octanol–water partition coefficient (Wildman–Crippen LogP) is 5.20. The molecule has 1 aliphatic heterocycles. The van der Waals surface area contributed by atoms with Crippen LogP contribution in [-0.4, -0.2) is 53.2 Å². The molecule has 5 rings (SSSR count). The Morgan fingerprint density at radius 3 is 2.56 bits per heavy atom. The average Bonchev–Trinajstić information content (AvgIpc) is 3.10. The summed E-state index contributed by atoms with van der Waals surface area (Å²) in [4.78, 5) is 18.4. The number of aliphatic carboxylic acids is 1. The van der Waals surface area contributed by atoms with Crippen molar-refractivity contribution in [2.24, 2.45) is 5.73 Å². The quantitative estimate of drug-likeness (QED) is 0.374. The van der Waals surface area contributed by atoms with E-state index in [-0.39, 0.29) is 0 Å². The maximum Gasteiger partial charge on any atom is 0.320 e. The van der Waals surface area contributed by atoms with Crippen molar-refractivity contribution in [3.05, 3.63) is 99.9 Å². The molecule has 2 aliphatic rings. The topological polar surface area (TPSA) is 88.7 Å². The first-order valence-corrected chi connectivity index (χ1v) is 14.2. The van der Waals surface area contributed by atoms with Gasteiger partial charge in [-0.25, -0.2) is 0 Å². The number of ether oxygens (including phenoxy) is 1. The third-order valence-electron chi connectivity index (χ3n) is 7.97. The SMILES string of the molecule is Cc1ccc2c(c1)CCc1cccnc1C2=C1CCN(CCCCOc2ccc(C[C@H](N)C(=O)O)cc2)CC1. The van der Waals surface area contributed by atoms with E-state index in [1.165, 1.54) is 33.5 Å². The maximum absolute atomic E-state index is 10.9. The van der Waals surface area contributed by atoms with Gasteiger partial charge in [0.1, 0.15) is 11.8 Å². The molecule has 2 heterocycles. The van der Waals surface area contributed by atoms with Crippen LogP contribution >= 0.6 is 0 Å². The first-order chi connectivity index (χ1) is 19.0. The number of carbonyl (C=O) groups is 1. The van der Waals surface area contributed by atoms with Crippen LogP contribution in [0, 0.1) is 6.92 Å². The van der Waals surface area contributed by atoms with Crippen LogP contribution in [0.4, 0.5) is 0 Å². The number of hydrogen-bond donors (Lipinski definition) is 2. The van der Waals surface area contributed by atoms with Gasteiger partial charge in [0.05, 0.1) is 12.3 Å². The summed E-state index contributed by atoms with van der Waals surface area (Å²) in [5.74, 6) is -0.172. The van der Waals surface area contributed by atoms with Crippen molar-refractivity contribution in [3.8, 4) is 5.75 Å². The van der Waals surface area contributed by atoms with Crippen LogP contribution in [-0.2, 0) is 24.1 Å². The number of likely N-dealkylation sites (tertiary alicyclic amines) is 1. The summed E-state index contributed by atoms with van der Waals surface area (Å²) in [7, 11) is 0. The molecular weight excluding hydrogens is 486 g/mol. The van der Waals surface area contributed by atoms with Crippen LogP contribution < -0.4 is 10.5 Å². The van der Waals surface area contributed by atoms with Gasteiger partial charge in [-0.15, -0.1) is 0 Å². The number of nitrogens with zero attached hydrogens (tertiary/aromatic N) is 2. The number of aryl methyl sites for hydroxylation is 3. The second kappa shape index (κ2) is 12.6. The molecule has 1 aliphatic carbocycles. The Morgan fingerprint density at radius 2 is 1.79 bits per heavy atom. The van der Waals surface area contributed by atoms with Crippen molar-refractivity contribution in [1.82, 2.24) is 9.88 Å². The molecule has 0 bridgehead atoms. The molecule has 0 spiro atoms. The lowest BCUT2D eigenvalue weighted by Gasteiger charge is -2.30.